The standard InChI is InChI=1S/C15H12ClNO4/c1-21-15(20)13(9-18)17-7-3-6-12(17)14(19)10-4-2-5-11(16)8-10/h2-9,18H,1H3/b13-9-. The van der Waals surface area contributed by atoms with Crippen LogP contribution in [0.1, 0.15) is 16.1 Å². The molecule has 0 saturated carbocycles. The second-order valence-electron chi connectivity index (χ2n) is 4.11. The molecule has 5 nitrogen and oxygen atoms in total. The topological polar surface area (TPSA) is 68.5 Å². The molecule has 0 aliphatic heterocycles. The lowest BCUT2D eigenvalue weighted by Crippen LogP contribution is -2.15. The Labute approximate surface area is 126 Å². The van der Waals surface area contributed by atoms with Gasteiger partial charge in [-0.25, -0.2) is 4.79 Å². The predicted octanol–water partition coefficient (Wildman–Crippen LogP) is 2.90. The fourth-order valence-corrected chi connectivity index (χ4v) is 2.06. The number of aliphatic hydroxyl groups excluding tert-OH is 1. The molecule has 1 aromatic heterocycles. The molecule has 0 saturated heterocycles. The van der Waals surface area contributed by atoms with Gasteiger partial charge in [0.1, 0.15) is 6.26 Å². The van der Waals surface area contributed by atoms with Gasteiger partial charge in [0.15, 0.2) is 5.70 Å². The summed E-state index contributed by atoms with van der Waals surface area (Å²) in [4.78, 5) is 24.1. The van der Waals surface area contributed by atoms with E-state index < -0.39 is 5.97 Å². The summed E-state index contributed by atoms with van der Waals surface area (Å²) in [6.07, 6.45) is 2.08. The van der Waals surface area contributed by atoms with Crippen molar-refractivity contribution >= 4 is 29.1 Å². The van der Waals surface area contributed by atoms with E-state index in [1.165, 1.54) is 30.0 Å². The minimum absolute atomic E-state index is 0.159. The molecular weight excluding hydrogens is 294 g/mol. The monoisotopic (exact) mass is 305 g/mol. The number of hydrogen-bond acceptors (Lipinski definition) is 4. The van der Waals surface area contributed by atoms with Crippen LogP contribution in [0.2, 0.25) is 5.02 Å². The number of benzene rings is 1. The van der Waals surface area contributed by atoms with E-state index in [0.29, 0.717) is 16.8 Å². The van der Waals surface area contributed by atoms with E-state index in [1.54, 1.807) is 24.3 Å². The predicted molar refractivity (Wildman–Crippen MR) is 78.2 cm³/mol. The van der Waals surface area contributed by atoms with Gasteiger partial charge in [0, 0.05) is 16.8 Å². The van der Waals surface area contributed by atoms with Crippen molar-refractivity contribution in [2.24, 2.45) is 0 Å². The molecule has 0 radical (unpaired) electrons. The lowest BCUT2D eigenvalue weighted by molar-refractivity contribution is -0.134. The van der Waals surface area contributed by atoms with Crippen LogP contribution in [0, 0.1) is 0 Å². The third kappa shape index (κ3) is 2.98. The molecule has 108 valence electrons. The zero-order valence-electron chi connectivity index (χ0n) is 11.1. The number of ketones is 1. The first-order valence-corrected chi connectivity index (χ1v) is 6.37. The number of esters is 1. The third-order valence-corrected chi connectivity index (χ3v) is 3.08. The van der Waals surface area contributed by atoms with Crippen LogP contribution in [0.5, 0.6) is 0 Å². The summed E-state index contributed by atoms with van der Waals surface area (Å²) in [6, 6.07) is 9.59. The van der Waals surface area contributed by atoms with Gasteiger partial charge in [-0.2, -0.15) is 0 Å². The van der Waals surface area contributed by atoms with Gasteiger partial charge in [0.25, 0.3) is 0 Å². The molecule has 0 bridgehead atoms. The van der Waals surface area contributed by atoms with Gasteiger partial charge in [0.05, 0.1) is 12.8 Å². The highest BCUT2D eigenvalue weighted by Crippen LogP contribution is 2.18. The number of methoxy groups -OCH3 is 1. The molecule has 0 fully saturated rings. The van der Waals surface area contributed by atoms with Crippen LogP contribution in [-0.2, 0) is 9.53 Å². The Morgan fingerprint density at radius 1 is 1.29 bits per heavy atom. The Bertz CT molecular complexity index is 718. The van der Waals surface area contributed by atoms with Crippen molar-refractivity contribution in [3.63, 3.8) is 0 Å². The zero-order chi connectivity index (χ0) is 15.4. The van der Waals surface area contributed by atoms with Gasteiger partial charge in [-0.05, 0) is 24.3 Å². The van der Waals surface area contributed by atoms with Gasteiger partial charge in [-0.3, -0.25) is 4.79 Å². The van der Waals surface area contributed by atoms with Gasteiger partial charge in [-0.15, -0.1) is 0 Å². The van der Waals surface area contributed by atoms with Crippen molar-refractivity contribution in [2.45, 2.75) is 0 Å². The number of aliphatic hydroxyl groups is 1. The molecule has 0 atom stereocenters. The van der Waals surface area contributed by atoms with E-state index >= 15 is 0 Å². The maximum Gasteiger partial charge on any atom is 0.358 e. The average Bonchev–Trinajstić information content (AvgIpc) is 2.96. The van der Waals surface area contributed by atoms with Crippen LogP contribution < -0.4 is 0 Å². The number of hydrogen-bond donors (Lipinski definition) is 1. The van der Waals surface area contributed by atoms with E-state index in [0.717, 1.165) is 0 Å². The maximum atomic E-state index is 12.5. The fourth-order valence-electron chi connectivity index (χ4n) is 1.87. The smallest absolute Gasteiger partial charge is 0.358 e. The lowest BCUT2D eigenvalue weighted by atomic mass is 10.1. The minimum Gasteiger partial charge on any atom is -0.513 e. The molecule has 0 aliphatic rings. The average molecular weight is 306 g/mol. The summed E-state index contributed by atoms with van der Waals surface area (Å²) in [6.45, 7) is 0. The third-order valence-electron chi connectivity index (χ3n) is 2.84. The van der Waals surface area contributed by atoms with E-state index in [1.807, 2.05) is 0 Å². The van der Waals surface area contributed by atoms with Crippen LogP contribution in [0.3, 0.4) is 0 Å². The summed E-state index contributed by atoms with van der Waals surface area (Å²) in [5.74, 6) is -1.08. The van der Waals surface area contributed by atoms with Crippen LogP contribution in [-0.4, -0.2) is 28.5 Å². The first kappa shape index (κ1) is 14.9. The number of carbonyl (C=O) groups excluding carboxylic acids is 2. The maximum absolute atomic E-state index is 12.5. The molecule has 1 N–H and O–H groups in total. The molecule has 0 amide bonds. The number of carbonyl (C=O) groups is 2. The normalized spacial score (nSPS) is 11.2. The van der Waals surface area contributed by atoms with E-state index in [4.69, 9.17) is 11.6 Å². The summed E-state index contributed by atoms with van der Waals surface area (Å²) < 4.78 is 5.83. The van der Waals surface area contributed by atoms with Crippen molar-refractivity contribution in [3.8, 4) is 0 Å². The van der Waals surface area contributed by atoms with Gasteiger partial charge in [-0.1, -0.05) is 23.7 Å². The van der Waals surface area contributed by atoms with Crippen molar-refractivity contribution in [3.05, 3.63) is 65.1 Å². The van der Waals surface area contributed by atoms with Crippen LogP contribution >= 0.6 is 11.6 Å². The number of aromatic nitrogens is 1. The van der Waals surface area contributed by atoms with E-state index in [9.17, 15) is 14.7 Å². The number of ether oxygens (including phenoxy) is 1. The molecular formula is C15H12ClNO4. The highest BCUT2D eigenvalue weighted by atomic mass is 35.5. The Hall–Kier alpha value is -2.53. The minimum atomic E-state index is -0.756. The molecule has 0 spiro atoms. The van der Waals surface area contributed by atoms with Crippen molar-refractivity contribution in [1.29, 1.82) is 0 Å². The van der Waals surface area contributed by atoms with Crippen molar-refractivity contribution in [2.75, 3.05) is 7.11 Å². The molecule has 1 aromatic carbocycles. The molecule has 2 rings (SSSR count). The van der Waals surface area contributed by atoms with E-state index in [-0.39, 0.29) is 17.2 Å². The largest absolute Gasteiger partial charge is 0.513 e. The molecule has 1 heterocycles. The van der Waals surface area contributed by atoms with Gasteiger partial charge >= 0.3 is 5.97 Å². The van der Waals surface area contributed by atoms with E-state index in [2.05, 4.69) is 4.74 Å². The highest BCUT2D eigenvalue weighted by Gasteiger charge is 2.20. The zero-order valence-corrected chi connectivity index (χ0v) is 11.9. The summed E-state index contributed by atoms with van der Waals surface area (Å²) >= 11 is 5.87. The van der Waals surface area contributed by atoms with Crippen molar-refractivity contribution in [1.82, 2.24) is 4.57 Å². The Morgan fingerprint density at radius 2 is 2.05 bits per heavy atom. The second kappa shape index (κ2) is 6.28. The number of halogens is 1. The summed E-state index contributed by atoms with van der Waals surface area (Å²) in [7, 11) is 1.19. The van der Waals surface area contributed by atoms with Crippen LogP contribution in [0.25, 0.3) is 5.70 Å². The number of nitrogens with zero attached hydrogens (tertiary/aromatic N) is 1. The Kier molecular flexibility index (Phi) is 4.45. The molecule has 0 unspecified atom stereocenters. The molecule has 6 heteroatoms. The second-order valence-corrected chi connectivity index (χ2v) is 4.55. The van der Waals surface area contributed by atoms with Crippen LogP contribution in [0.4, 0.5) is 0 Å². The number of rotatable bonds is 4. The van der Waals surface area contributed by atoms with Crippen LogP contribution in [0.15, 0.2) is 48.9 Å². The molecule has 0 aliphatic carbocycles. The SMILES string of the molecule is COC(=O)/C(=C/O)n1cccc1C(=O)c1cccc(Cl)c1. The quantitative estimate of drug-likeness (QED) is 0.408. The van der Waals surface area contributed by atoms with Crippen molar-refractivity contribution < 1.29 is 19.4 Å². The summed E-state index contributed by atoms with van der Waals surface area (Å²) in [5.41, 5.74) is 0.431. The summed E-state index contributed by atoms with van der Waals surface area (Å²) in [5, 5.41) is 9.64. The van der Waals surface area contributed by atoms with Gasteiger partial charge in [0.2, 0.25) is 5.78 Å². The molecule has 21 heavy (non-hydrogen) atoms. The highest BCUT2D eigenvalue weighted by molar-refractivity contribution is 6.31. The first-order chi connectivity index (χ1) is 10.1. The fraction of sp³-hybridized carbons (Fsp3) is 0.0667. The Balaban J connectivity index is 2.45. The first-order valence-electron chi connectivity index (χ1n) is 5.99. The lowest BCUT2D eigenvalue weighted by Gasteiger charge is -2.10. The molecule has 2 aromatic rings. The Morgan fingerprint density at radius 3 is 2.67 bits per heavy atom. The van der Waals surface area contributed by atoms with Gasteiger partial charge < -0.3 is 14.4 Å².